The van der Waals surface area contributed by atoms with Gasteiger partial charge in [0.15, 0.2) is 5.75 Å². The molecule has 1 aromatic carbocycles. The third-order valence-corrected chi connectivity index (χ3v) is 3.21. The molecule has 0 bridgehead atoms. The summed E-state index contributed by atoms with van der Waals surface area (Å²) in [5.74, 6) is 0.0705. The average Bonchev–Trinajstić information content (AvgIpc) is 3.07. The van der Waals surface area contributed by atoms with Crippen LogP contribution in [-0.2, 0) is 0 Å². The molecule has 0 atom stereocenters. The molecule has 0 aliphatic rings. The lowest BCUT2D eigenvalue weighted by Crippen LogP contribution is -1.94. The molecule has 9 heteroatoms. The van der Waals surface area contributed by atoms with Crippen LogP contribution in [0.2, 0.25) is 5.02 Å². The molecule has 8 nitrogen and oxygen atoms in total. The highest BCUT2D eigenvalue weighted by molar-refractivity contribution is 6.36. The number of aromatic amines is 1. The minimum atomic E-state index is -0.0679. The van der Waals surface area contributed by atoms with Crippen LogP contribution >= 0.6 is 11.6 Å². The number of pyridine rings is 1. The Labute approximate surface area is 129 Å². The predicted molar refractivity (Wildman–Crippen MR) is 79.8 cm³/mol. The van der Waals surface area contributed by atoms with Crippen LogP contribution < -0.4 is 5.32 Å². The minimum absolute atomic E-state index is 0.0679. The smallest absolute Gasteiger partial charge is 0.216 e. The largest absolute Gasteiger partial charge is 0.504 e. The summed E-state index contributed by atoms with van der Waals surface area (Å²) in [5, 5.41) is 36.3. The van der Waals surface area contributed by atoms with E-state index in [1.165, 1.54) is 6.20 Å². The summed E-state index contributed by atoms with van der Waals surface area (Å²) in [6.45, 7) is 0. The maximum Gasteiger partial charge on any atom is 0.216 e. The highest BCUT2D eigenvalue weighted by atomic mass is 35.5. The van der Waals surface area contributed by atoms with E-state index >= 15 is 0 Å². The van der Waals surface area contributed by atoms with Crippen molar-refractivity contribution >= 4 is 33.8 Å². The molecule has 0 amide bonds. The average molecular weight is 314 g/mol. The molecule has 3 N–H and O–H groups in total. The van der Waals surface area contributed by atoms with Crippen molar-refractivity contribution in [2.45, 2.75) is 0 Å². The Hall–Kier alpha value is -3.18. The van der Waals surface area contributed by atoms with Crippen LogP contribution in [0.3, 0.4) is 0 Å². The van der Waals surface area contributed by atoms with E-state index < -0.39 is 0 Å². The fourth-order valence-corrected chi connectivity index (χ4v) is 2.13. The van der Waals surface area contributed by atoms with Crippen molar-refractivity contribution in [1.29, 1.82) is 5.26 Å². The van der Waals surface area contributed by atoms with Crippen LogP contribution in [0.25, 0.3) is 16.5 Å². The first-order chi connectivity index (χ1) is 10.7. The van der Waals surface area contributed by atoms with E-state index in [4.69, 9.17) is 16.9 Å². The number of aromatic nitrogens is 5. The molecule has 108 valence electrons. The zero-order chi connectivity index (χ0) is 15.5. The number of nitrogens with zero attached hydrogens (tertiary/aromatic N) is 5. The normalized spacial score (nSPS) is 11.4. The van der Waals surface area contributed by atoms with Crippen LogP contribution in [0.15, 0.2) is 30.6 Å². The molecule has 2 heterocycles. The van der Waals surface area contributed by atoms with Crippen molar-refractivity contribution in [3.05, 3.63) is 41.4 Å². The van der Waals surface area contributed by atoms with Gasteiger partial charge in [-0.2, -0.15) is 10.5 Å². The summed E-state index contributed by atoms with van der Waals surface area (Å²) in [6, 6.07) is 6.95. The van der Waals surface area contributed by atoms with Crippen molar-refractivity contribution in [1.82, 2.24) is 25.6 Å². The number of hydrogen-bond donors (Lipinski definition) is 3. The molecule has 0 fully saturated rings. The highest BCUT2D eigenvalue weighted by Crippen LogP contribution is 2.36. The number of hydrogen-bond acceptors (Lipinski definition) is 7. The van der Waals surface area contributed by atoms with E-state index in [0.717, 1.165) is 0 Å². The molecular weight excluding hydrogens is 306 g/mol. The monoisotopic (exact) mass is 313 g/mol. The summed E-state index contributed by atoms with van der Waals surface area (Å²) in [4.78, 5) is 4.10. The molecule has 3 aromatic rings. The first-order valence-corrected chi connectivity index (χ1v) is 6.45. The van der Waals surface area contributed by atoms with Gasteiger partial charge in [-0.25, -0.2) is 0 Å². The van der Waals surface area contributed by atoms with E-state index in [1.54, 1.807) is 24.4 Å². The Bertz CT molecular complexity index is 899. The third-order valence-electron chi connectivity index (χ3n) is 2.89. The predicted octanol–water partition coefficient (Wildman–Crippen LogP) is 2.08. The number of H-pyrrole nitrogens is 1. The van der Waals surface area contributed by atoms with E-state index in [1.807, 2.05) is 6.07 Å². The SMILES string of the molecule is N#CC(=CNc1cc(Cl)c2cccnc2c1O)c1nn[nH]n1. The van der Waals surface area contributed by atoms with Gasteiger partial charge >= 0.3 is 0 Å². The van der Waals surface area contributed by atoms with Gasteiger partial charge in [0, 0.05) is 17.8 Å². The summed E-state index contributed by atoms with van der Waals surface area (Å²) in [7, 11) is 0. The van der Waals surface area contributed by atoms with E-state index in [0.29, 0.717) is 21.6 Å². The molecule has 2 aromatic heterocycles. The molecule has 0 spiro atoms. The Morgan fingerprint density at radius 2 is 2.36 bits per heavy atom. The van der Waals surface area contributed by atoms with Gasteiger partial charge in [-0.05, 0) is 23.4 Å². The minimum Gasteiger partial charge on any atom is -0.504 e. The van der Waals surface area contributed by atoms with Gasteiger partial charge in [-0.15, -0.1) is 10.2 Å². The first-order valence-electron chi connectivity index (χ1n) is 6.07. The Morgan fingerprint density at radius 1 is 1.50 bits per heavy atom. The number of anilines is 1. The maximum absolute atomic E-state index is 10.2. The standard InChI is InChI=1S/C13H8ClN7O/c14-9-4-10(12(22)11-8(9)2-1-3-16-11)17-6-7(5-15)13-18-20-21-19-13/h1-4,6,17,22H,(H,18,19,20,21). The van der Waals surface area contributed by atoms with Crippen LogP contribution in [-0.4, -0.2) is 30.7 Å². The molecule has 0 saturated heterocycles. The lowest BCUT2D eigenvalue weighted by molar-refractivity contribution is 0.482. The number of nitrogens with one attached hydrogen (secondary N) is 2. The fraction of sp³-hybridized carbons (Fsp3) is 0. The molecule has 3 rings (SSSR count). The molecule has 0 unspecified atom stereocenters. The maximum atomic E-state index is 10.2. The number of benzene rings is 1. The first kappa shape index (κ1) is 13.8. The third kappa shape index (κ3) is 2.41. The van der Waals surface area contributed by atoms with Gasteiger partial charge in [0.2, 0.25) is 5.82 Å². The number of fused-ring (bicyclic) bond motifs is 1. The number of rotatable bonds is 3. The number of phenols is 1. The number of phenolic OH excluding ortho intramolecular Hbond substituents is 1. The topological polar surface area (TPSA) is 123 Å². The van der Waals surface area contributed by atoms with Crippen molar-refractivity contribution < 1.29 is 5.11 Å². The molecular formula is C13H8ClN7O. The molecule has 0 aliphatic carbocycles. The van der Waals surface area contributed by atoms with Gasteiger partial charge in [0.05, 0.1) is 10.7 Å². The Kier molecular flexibility index (Phi) is 3.55. The van der Waals surface area contributed by atoms with Crippen molar-refractivity contribution in [3.8, 4) is 11.8 Å². The number of aromatic hydroxyl groups is 1. The zero-order valence-electron chi connectivity index (χ0n) is 10.9. The van der Waals surface area contributed by atoms with Crippen LogP contribution in [0.1, 0.15) is 5.82 Å². The zero-order valence-corrected chi connectivity index (χ0v) is 11.7. The van der Waals surface area contributed by atoms with Crippen LogP contribution in [0, 0.1) is 11.3 Å². The molecule has 0 aliphatic heterocycles. The van der Waals surface area contributed by atoms with Crippen molar-refractivity contribution in [3.63, 3.8) is 0 Å². The second-order valence-electron chi connectivity index (χ2n) is 4.20. The summed E-state index contributed by atoms with van der Waals surface area (Å²) < 4.78 is 0. The van der Waals surface area contributed by atoms with E-state index in [-0.39, 0.29) is 17.1 Å². The van der Waals surface area contributed by atoms with Gasteiger partial charge < -0.3 is 10.4 Å². The quantitative estimate of drug-likeness (QED) is 0.499. The van der Waals surface area contributed by atoms with Crippen molar-refractivity contribution in [2.75, 3.05) is 5.32 Å². The lowest BCUT2D eigenvalue weighted by atomic mass is 10.1. The summed E-state index contributed by atoms with van der Waals surface area (Å²) >= 11 is 6.17. The van der Waals surface area contributed by atoms with Crippen LogP contribution in [0.5, 0.6) is 5.75 Å². The summed E-state index contributed by atoms with van der Waals surface area (Å²) in [5.41, 5.74) is 0.821. The summed E-state index contributed by atoms with van der Waals surface area (Å²) in [6.07, 6.45) is 2.91. The lowest BCUT2D eigenvalue weighted by Gasteiger charge is -2.09. The van der Waals surface area contributed by atoms with Gasteiger partial charge in [0.1, 0.15) is 17.2 Å². The fourth-order valence-electron chi connectivity index (χ4n) is 1.87. The number of tetrazole rings is 1. The van der Waals surface area contributed by atoms with Gasteiger partial charge in [0.25, 0.3) is 0 Å². The number of nitriles is 1. The molecule has 0 radical (unpaired) electrons. The van der Waals surface area contributed by atoms with Gasteiger partial charge in [-0.3, -0.25) is 4.98 Å². The Morgan fingerprint density at radius 3 is 3.09 bits per heavy atom. The highest BCUT2D eigenvalue weighted by Gasteiger charge is 2.11. The van der Waals surface area contributed by atoms with Crippen molar-refractivity contribution in [2.24, 2.45) is 0 Å². The number of allylic oxidation sites excluding steroid dienone is 1. The molecule has 0 saturated carbocycles. The van der Waals surface area contributed by atoms with Crippen LogP contribution in [0.4, 0.5) is 5.69 Å². The second kappa shape index (κ2) is 5.67. The molecule has 22 heavy (non-hydrogen) atoms. The van der Waals surface area contributed by atoms with E-state index in [9.17, 15) is 5.11 Å². The Balaban J connectivity index is 2.01. The van der Waals surface area contributed by atoms with E-state index in [2.05, 4.69) is 30.9 Å². The number of halogens is 1. The second-order valence-corrected chi connectivity index (χ2v) is 4.61. The van der Waals surface area contributed by atoms with Gasteiger partial charge in [-0.1, -0.05) is 11.6 Å².